The van der Waals surface area contributed by atoms with Gasteiger partial charge in [-0.15, -0.1) is 5.10 Å². The number of hydrogen-bond donors (Lipinski definition) is 1. The molecule has 17 heavy (non-hydrogen) atoms. The Morgan fingerprint density at radius 2 is 2.12 bits per heavy atom. The molecule has 3 rings (SSSR count). The van der Waals surface area contributed by atoms with Crippen LogP contribution in [0, 0.1) is 0 Å². The number of aromatic nitrogens is 2. The minimum atomic E-state index is 0.302. The first-order valence-electron chi connectivity index (χ1n) is 6.26. The summed E-state index contributed by atoms with van der Waals surface area (Å²) in [6, 6.07) is 2.51. The summed E-state index contributed by atoms with van der Waals surface area (Å²) in [5, 5.41) is 8.74. The van der Waals surface area contributed by atoms with E-state index in [0.29, 0.717) is 6.04 Å². The summed E-state index contributed by atoms with van der Waals surface area (Å²) >= 11 is 2.01. The maximum absolute atomic E-state index is 6.01. The fraction of sp³-hybridized carbons (Fsp3) is 0.667. The lowest BCUT2D eigenvalue weighted by atomic mass is 9.93. The molecule has 1 aromatic rings. The molecule has 0 aromatic carbocycles. The van der Waals surface area contributed by atoms with E-state index >= 15 is 0 Å². The van der Waals surface area contributed by atoms with Gasteiger partial charge in [0, 0.05) is 30.6 Å². The zero-order valence-electron chi connectivity index (χ0n) is 9.93. The highest BCUT2D eigenvalue weighted by Gasteiger charge is 2.20. The second-order valence-corrected chi connectivity index (χ2v) is 6.00. The summed E-state index contributed by atoms with van der Waals surface area (Å²) in [7, 11) is 0. The van der Waals surface area contributed by atoms with E-state index in [2.05, 4.69) is 21.2 Å². The van der Waals surface area contributed by atoms with Gasteiger partial charge in [0.15, 0.2) is 5.82 Å². The number of hydrogen-bond acceptors (Lipinski definition) is 5. The fourth-order valence-corrected chi connectivity index (χ4v) is 3.39. The van der Waals surface area contributed by atoms with Crippen molar-refractivity contribution >= 4 is 17.6 Å². The normalized spacial score (nSPS) is 24.5. The first-order chi connectivity index (χ1) is 8.33. The van der Waals surface area contributed by atoms with E-state index < -0.39 is 0 Å². The summed E-state index contributed by atoms with van der Waals surface area (Å²) in [5.74, 6) is 3.43. The molecule has 1 fully saturated rings. The summed E-state index contributed by atoms with van der Waals surface area (Å²) in [5.41, 5.74) is 8.48. The van der Waals surface area contributed by atoms with Gasteiger partial charge in [-0.25, -0.2) is 0 Å². The molecule has 0 bridgehead atoms. The van der Waals surface area contributed by atoms with Crippen LogP contribution in [0.5, 0.6) is 0 Å². The smallest absolute Gasteiger partial charge is 0.151 e. The highest BCUT2D eigenvalue weighted by Crippen LogP contribution is 2.23. The van der Waals surface area contributed by atoms with Gasteiger partial charge in [0.25, 0.3) is 0 Å². The Morgan fingerprint density at radius 3 is 2.94 bits per heavy atom. The van der Waals surface area contributed by atoms with Gasteiger partial charge in [-0.1, -0.05) is 0 Å². The molecule has 0 amide bonds. The topological polar surface area (TPSA) is 55.0 Å². The monoisotopic (exact) mass is 250 g/mol. The molecule has 0 radical (unpaired) electrons. The second kappa shape index (κ2) is 4.82. The van der Waals surface area contributed by atoms with Crippen molar-refractivity contribution in [3.8, 4) is 0 Å². The van der Waals surface area contributed by atoms with E-state index in [9.17, 15) is 0 Å². The molecule has 1 unspecified atom stereocenters. The van der Waals surface area contributed by atoms with Crippen LogP contribution in [0.15, 0.2) is 6.07 Å². The summed E-state index contributed by atoms with van der Waals surface area (Å²) in [6.07, 6.45) is 2.99. The number of nitrogens with two attached hydrogens (primary N) is 1. The lowest BCUT2D eigenvalue weighted by molar-refractivity contribution is 0.560. The van der Waals surface area contributed by atoms with Gasteiger partial charge in [0.05, 0.1) is 5.69 Å². The lowest BCUT2D eigenvalue weighted by Gasteiger charge is -2.28. The van der Waals surface area contributed by atoms with E-state index in [1.54, 1.807) is 0 Å². The average Bonchev–Trinajstić information content (AvgIpc) is 2.39. The van der Waals surface area contributed by atoms with Gasteiger partial charge >= 0.3 is 0 Å². The molecular formula is C12H18N4S. The highest BCUT2D eigenvalue weighted by molar-refractivity contribution is 7.99. The predicted molar refractivity (Wildman–Crippen MR) is 71.6 cm³/mol. The lowest BCUT2D eigenvalue weighted by Crippen LogP contribution is -2.34. The third kappa shape index (κ3) is 2.40. The van der Waals surface area contributed by atoms with E-state index in [1.807, 2.05) is 11.8 Å². The molecule has 0 spiro atoms. The number of aryl methyl sites for hydroxylation is 1. The minimum Gasteiger partial charge on any atom is -0.353 e. The Hall–Kier alpha value is -0.810. The van der Waals surface area contributed by atoms with Crippen LogP contribution in [0.3, 0.4) is 0 Å². The van der Waals surface area contributed by atoms with Crippen LogP contribution in [0.4, 0.5) is 5.82 Å². The van der Waals surface area contributed by atoms with E-state index in [1.165, 1.54) is 17.1 Å². The van der Waals surface area contributed by atoms with Crippen molar-refractivity contribution in [2.45, 2.75) is 25.3 Å². The van der Waals surface area contributed by atoms with Gasteiger partial charge in [0.2, 0.25) is 0 Å². The Bertz CT molecular complexity index is 403. The fourth-order valence-electron chi connectivity index (χ4n) is 2.48. The van der Waals surface area contributed by atoms with Gasteiger partial charge in [-0.3, -0.25) is 0 Å². The van der Waals surface area contributed by atoms with Gasteiger partial charge < -0.3 is 10.6 Å². The molecular weight excluding hydrogens is 232 g/mol. The molecule has 1 aliphatic heterocycles. The maximum atomic E-state index is 6.01. The molecule has 92 valence electrons. The summed E-state index contributed by atoms with van der Waals surface area (Å²) in [4.78, 5) is 2.34. The Labute approximate surface area is 106 Å². The molecule has 1 aromatic heterocycles. The van der Waals surface area contributed by atoms with E-state index in [4.69, 9.17) is 5.73 Å². The summed E-state index contributed by atoms with van der Waals surface area (Å²) in [6.45, 7) is 2.17. The minimum absolute atomic E-state index is 0.302. The van der Waals surface area contributed by atoms with Crippen LogP contribution in [-0.4, -0.2) is 40.8 Å². The molecule has 2 heterocycles. The number of rotatable bonds is 1. The van der Waals surface area contributed by atoms with Crippen molar-refractivity contribution < 1.29 is 0 Å². The molecule has 5 heteroatoms. The molecule has 2 N–H and O–H groups in total. The van der Waals surface area contributed by atoms with Crippen LogP contribution in [0.1, 0.15) is 17.7 Å². The largest absolute Gasteiger partial charge is 0.353 e. The molecule has 1 saturated heterocycles. The van der Waals surface area contributed by atoms with E-state index in [-0.39, 0.29) is 0 Å². The standard InChI is InChI=1S/C12H18N4S/c13-10-1-2-11-9(7-10)8-12(15-14-11)16-3-5-17-6-4-16/h8,10H,1-7,13H2. The Morgan fingerprint density at radius 1 is 1.29 bits per heavy atom. The third-order valence-electron chi connectivity index (χ3n) is 3.52. The van der Waals surface area contributed by atoms with Gasteiger partial charge in [-0.2, -0.15) is 16.9 Å². The van der Waals surface area contributed by atoms with Crippen molar-refractivity contribution in [1.29, 1.82) is 0 Å². The zero-order chi connectivity index (χ0) is 11.7. The molecule has 2 aliphatic rings. The highest BCUT2D eigenvalue weighted by atomic mass is 32.2. The third-order valence-corrected chi connectivity index (χ3v) is 4.46. The number of fused-ring (bicyclic) bond motifs is 1. The quantitative estimate of drug-likeness (QED) is 0.800. The van der Waals surface area contributed by atoms with Gasteiger partial charge in [0.1, 0.15) is 0 Å². The van der Waals surface area contributed by atoms with Crippen LogP contribution in [0.25, 0.3) is 0 Å². The Kier molecular flexibility index (Phi) is 3.20. The predicted octanol–water partition coefficient (Wildman–Crippen LogP) is 0.846. The van der Waals surface area contributed by atoms with E-state index in [0.717, 1.165) is 43.9 Å². The molecule has 1 aliphatic carbocycles. The van der Waals surface area contributed by atoms with Crippen molar-refractivity contribution in [2.75, 3.05) is 29.5 Å². The Balaban J connectivity index is 1.84. The van der Waals surface area contributed by atoms with Crippen molar-refractivity contribution in [3.63, 3.8) is 0 Å². The average molecular weight is 250 g/mol. The first kappa shape index (κ1) is 11.3. The van der Waals surface area contributed by atoms with Crippen LogP contribution in [0.2, 0.25) is 0 Å². The van der Waals surface area contributed by atoms with Gasteiger partial charge in [-0.05, 0) is 30.9 Å². The van der Waals surface area contributed by atoms with Crippen LogP contribution < -0.4 is 10.6 Å². The van der Waals surface area contributed by atoms with Crippen LogP contribution in [-0.2, 0) is 12.8 Å². The second-order valence-electron chi connectivity index (χ2n) is 4.78. The molecule has 0 saturated carbocycles. The maximum Gasteiger partial charge on any atom is 0.151 e. The number of thioether (sulfide) groups is 1. The van der Waals surface area contributed by atoms with Crippen LogP contribution >= 0.6 is 11.8 Å². The zero-order valence-corrected chi connectivity index (χ0v) is 10.7. The molecule has 4 nitrogen and oxygen atoms in total. The summed E-state index contributed by atoms with van der Waals surface area (Å²) < 4.78 is 0. The van der Waals surface area contributed by atoms with Crippen molar-refractivity contribution in [2.24, 2.45) is 5.73 Å². The first-order valence-corrected chi connectivity index (χ1v) is 7.42. The number of nitrogens with zero attached hydrogens (tertiary/aromatic N) is 3. The number of anilines is 1. The molecule has 1 atom stereocenters. The van der Waals surface area contributed by atoms with Crippen molar-refractivity contribution in [1.82, 2.24) is 10.2 Å². The SMILES string of the molecule is NC1CCc2nnc(N3CCSCC3)cc2C1. The van der Waals surface area contributed by atoms with Crippen molar-refractivity contribution in [3.05, 3.63) is 17.3 Å².